The van der Waals surface area contributed by atoms with Gasteiger partial charge in [-0.1, -0.05) is 22.9 Å². The Labute approximate surface area is 102 Å². The van der Waals surface area contributed by atoms with E-state index in [4.69, 9.17) is 0 Å². The van der Waals surface area contributed by atoms with Crippen molar-refractivity contribution >= 4 is 31.9 Å². The zero-order chi connectivity index (χ0) is 12.3. The molecular formula is C9H9BrNO4S-. The van der Waals surface area contributed by atoms with E-state index in [0.717, 1.165) is 6.07 Å². The summed E-state index contributed by atoms with van der Waals surface area (Å²) in [7, 11) is -3.65. The molecule has 0 amide bonds. The molecule has 0 aliphatic carbocycles. The number of nitrogens with one attached hydrogen (secondary N) is 1. The number of carbonyl (C=O) groups is 1. The molecule has 0 radical (unpaired) electrons. The van der Waals surface area contributed by atoms with Gasteiger partial charge in [-0.3, -0.25) is 0 Å². The van der Waals surface area contributed by atoms with E-state index < -0.39 is 16.0 Å². The van der Waals surface area contributed by atoms with Crippen molar-refractivity contribution in [2.24, 2.45) is 0 Å². The summed E-state index contributed by atoms with van der Waals surface area (Å²) in [5, 5.41) is 10.7. The molecule has 1 aromatic carbocycles. The van der Waals surface area contributed by atoms with Crippen LogP contribution < -0.4 is 9.83 Å². The molecule has 1 rings (SSSR count). The van der Waals surface area contributed by atoms with Gasteiger partial charge >= 0.3 is 0 Å². The van der Waals surface area contributed by atoms with Gasteiger partial charge in [0.15, 0.2) is 0 Å². The van der Waals surface area contributed by atoms with Gasteiger partial charge in [0.05, 0.1) is 10.9 Å². The topological polar surface area (TPSA) is 86.3 Å². The van der Waals surface area contributed by atoms with E-state index in [9.17, 15) is 18.3 Å². The third kappa shape index (κ3) is 2.81. The first kappa shape index (κ1) is 13.1. The molecule has 0 atom stereocenters. The molecule has 0 aromatic heterocycles. The number of aromatic carboxylic acids is 1. The molecule has 0 unspecified atom stereocenters. The Bertz CT molecular complexity index is 512. The molecule has 1 N–H and O–H groups in total. The van der Waals surface area contributed by atoms with Gasteiger partial charge in [-0.2, -0.15) is 0 Å². The van der Waals surface area contributed by atoms with E-state index in [2.05, 4.69) is 20.7 Å². The maximum atomic E-state index is 11.6. The van der Waals surface area contributed by atoms with E-state index in [-0.39, 0.29) is 21.5 Å². The van der Waals surface area contributed by atoms with Crippen LogP contribution >= 0.6 is 15.9 Å². The molecule has 5 nitrogen and oxygen atoms in total. The normalized spacial score (nSPS) is 11.4. The second-order valence-corrected chi connectivity index (χ2v) is 5.55. The summed E-state index contributed by atoms with van der Waals surface area (Å²) in [6, 6.07) is 3.72. The highest BCUT2D eigenvalue weighted by Gasteiger charge is 2.14. The summed E-state index contributed by atoms with van der Waals surface area (Å²) in [6.07, 6.45) is 0. The Morgan fingerprint density at radius 1 is 1.50 bits per heavy atom. The highest BCUT2D eigenvalue weighted by Crippen LogP contribution is 2.20. The van der Waals surface area contributed by atoms with Crippen LogP contribution in [0.4, 0.5) is 0 Å². The first-order chi connectivity index (χ1) is 7.38. The Kier molecular flexibility index (Phi) is 4.06. The highest BCUT2D eigenvalue weighted by atomic mass is 79.9. The summed E-state index contributed by atoms with van der Waals surface area (Å²) >= 11 is 3.00. The predicted molar refractivity (Wildman–Crippen MR) is 59.3 cm³/mol. The fraction of sp³-hybridized carbons (Fsp3) is 0.222. The van der Waals surface area contributed by atoms with Crippen LogP contribution in [0.3, 0.4) is 0 Å². The van der Waals surface area contributed by atoms with Crippen molar-refractivity contribution in [3.05, 3.63) is 28.2 Å². The second-order valence-electron chi connectivity index (χ2n) is 2.93. The average molecular weight is 307 g/mol. The van der Waals surface area contributed by atoms with Crippen LogP contribution in [0.2, 0.25) is 0 Å². The molecule has 16 heavy (non-hydrogen) atoms. The lowest BCUT2D eigenvalue weighted by Crippen LogP contribution is -2.25. The quantitative estimate of drug-likeness (QED) is 0.855. The number of carboxylic acids is 1. The highest BCUT2D eigenvalue weighted by molar-refractivity contribution is 9.10. The average Bonchev–Trinajstić information content (AvgIpc) is 2.17. The minimum atomic E-state index is -3.65. The number of hydrogen-bond donors (Lipinski definition) is 1. The maximum absolute atomic E-state index is 11.6. The molecule has 0 aliphatic rings. The first-order valence-electron chi connectivity index (χ1n) is 4.39. The number of rotatable bonds is 4. The van der Waals surface area contributed by atoms with Crippen LogP contribution in [0.5, 0.6) is 0 Å². The summed E-state index contributed by atoms with van der Waals surface area (Å²) < 4.78 is 25.7. The van der Waals surface area contributed by atoms with E-state index >= 15 is 0 Å². The lowest BCUT2D eigenvalue weighted by molar-refractivity contribution is -0.255. The van der Waals surface area contributed by atoms with Crippen molar-refractivity contribution in [1.82, 2.24) is 4.72 Å². The first-order valence-corrected chi connectivity index (χ1v) is 6.66. The molecule has 0 aliphatic heterocycles. The van der Waals surface area contributed by atoms with Crippen molar-refractivity contribution in [2.45, 2.75) is 11.8 Å². The standard InChI is InChI=1S/C9H10BrNO4S/c1-2-11-16(14,15)6-3-4-8(10)7(5-6)9(12)13/h3-5,11H,2H2,1H3,(H,12,13)/p-1. The van der Waals surface area contributed by atoms with Gasteiger partial charge in [-0.05, 0) is 18.2 Å². The van der Waals surface area contributed by atoms with Crippen molar-refractivity contribution in [2.75, 3.05) is 6.54 Å². The summed E-state index contributed by atoms with van der Waals surface area (Å²) in [6.45, 7) is 1.87. The molecule has 88 valence electrons. The van der Waals surface area contributed by atoms with Gasteiger partial charge in [-0.25, -0.2) is 13.1 Å². The second kappa shape index (κ2) is 4.94. The Hall–Kier alpha value is -0.920. The van der Waals surface area contributed by atoms with Crippen LogP contribution in [0, 0.1) is 0 Å². The van der Waals surface area contributed by atoms with E-state index in [0.29, 0.717) is 0 Å². The van der Waals surface area contributed by atoms with Gasteiger partial charge in [0.2, 0.25) is 10.0 Å². The number of benzene rings is 1. The number of halogens is 1. The van der Waals surface area contributed by atoms with Gasteiger partial charge < -0.3 is 9.90 Å². The van der Waals surface area contributed by atoms with Gasteiger partial charge in [0.25, 0.3) is 0 Å². The Balaban J connectivity index is 3.28. The zero-order valence-corrected chi connectivity index (χ0v) is 10.8. The molecular weight excluding hydrogens is 298 g/mol. The van der Waals surface area contributed by atoms with Crippen LogP contribution in [-0.4, -0.2) is 20.9 Å². The molecule has 7 heteroatoms. The third-order valence-corrected chi connectivity index (χ3v) is 4.04. The Morgan fingerprint density at radius 3 is 2.62 bits per heavy atom. The number of carboxylic acid groups (broad SMARTS) is 1. The SMILES string of the molecule is CCNS(=O)(=O)c1ccc(Br)c(C(=O)[O-])c1. The zero-order valence-electron chi connectivity index (χ0n) is 8.36. The number of sulfonamides is 1. The molecule has 0 bridgehead atoms. The van der Waals surface area contributed by atoms with Crippen LogP contribution in [-0.2, 0) is 10.0 Å². The van der Waals surface area contributed by atoms with Crippen molar-refractivity contribution in [1.29, 1.82) is 0 Å². The van der Waals surface area contributed by atoms with E-state index in [1.807, 2.05) is 0 Å². The number of carbonyl (C=O) groups excluding carboxylic acids is 1. The van der Waals surface area contributed by atoms with Crippen LogP contribution in [0.15, 0.2) is 27.6 Å². The molecule has 1 aromatic rings. The lowest BCUT2D eigenvalue weighted by atomic mass is 10.2. The van der Waals surface area contributed by atoms with E-state index in [1.54, 1.807) is 6.92 Å². The lowest BCUT2D eigenvalue weighted by Gasteiger charge is -2.09. The maximum Gasteiger partial charge on any atom is 0.240 e. The minimum Gasteiger partial charge on any atom is -0.545 e. The monoisotopic (exact) mass is 306 g/mol. The largest absolute Gasteiger partial charge is 0.545 e. The smallest absolute Gasteiger partial charge is 0.240 e. The molecule has 0 saturated carbocycles. The third-order valence-electron chi connectivity index (χ3n) is 1.80. The molecule has 0 fully saturated rings. The van der Waals surface area contributed by atoms with Crippen molar-refractivity contribution in [3.63, 3.8) is 0 Å². The van der Waals surface area contributed by atoms with Crippen molar-refractivity contribution < 1.29 is 18.3 Å². The summed E-state index contributed by atoms with van der Waals surface area (Å²) in [5.74, 6) is -1.43. The van der Waals surface area contributed by atoms with Crippen molar-refractivity contribution in [3.8, 4) is 0 Å². The van der Waals surface area contributed by atoms with Crippen LogP contribution in [0.25, 0.3) is 0 Å². The van der Waals surface area contributed by atoms with Gasteiger partial charge in [0, 0.05) is 16.6 Å². The molecule has 0 heterocycles. The van der Waals surface area contributed by atoms with Gasteiger partial charge in [0.1, 0.15) is 0 Å². The number of hydrogen-bond acceptors (Lipinski definition) is 4. The minimum absolute atomic E-state index is 0.100. The Morgan fingerprint density at radius 2 is 2.12 bits per heavy atom. The fourth-order valence-corrected chi connectivity index (χ4v) is 2.58. The molecule has 0 spiro atoms. The fourth-order valence-electron chi connectivity index (χ4n) is 1.10. The van der Waals surface area contributed by atoms with Gasteiger partial charge in [-0.15, -0.1) is 0 Å². The predicted octanol–water partition coefficient (Wildman–Crippen LogP) is 0.111. The van der Waals surface area contributed by atoms with Crippen LogP contribution in [0.1, 0.15) is 17.3 Å². The van der Waals surface area contributed by atoms with E-state index in [1.165, 1.54) is 12.1 Å². The summed E-state index contributed by atoms with van der Waals surface area (Å²) in [4.78, 5) is 10.6. The molecule has 0 saturated heterocycles. The summed E-state index contributed by atoms with van der Waals surface area (Å²) in [5.41, 5.74) is -0.195.